The van der Waals surface area contributed by atoms with Crippen LogP contribution in [-0.4, -0.2) is 5.91 Å². The van der Waals surface area contributed by atoms with Gasteiger partial charge in [-0.3, -0.25) is 4.79 Å². The van der Waals surface area contributed by atoms with Gasteiger partial charge in [0.15, 0.2) is 0 Å². The van der Waals surface area contributed by atoms with Crippen molar-refractivity contribution in [1.29, 1.82) is 0 Å². The summed E-state index contributed by atoms with van der Waals surface area (Å²) in [6.07, 6.45) is 0. The van der Waals surface area contributed by atoms with Crippen LogP contribution in [0.1, 0.15) is 15.9 Å². The first kappa shape index (κ1) is 13.7. The average Bonchev–Trinajstić information content (AvgIpc) is 2.33. The van der Waals surface area contributed by atoms with Crippen LogP contribution in [0.4, 0.5) is 11.4 Å². The molecule has 98 valence electrons. The summed E-state index contributed by atoms with van der Waals surface area (Å²) in [6.45, 7) is 1.88. The third-order valence-electron chi connectivity index (χ3n) is 2.70. The summed E-state index contributed by atoms with van der Waals surface area (Å²) in [7, 11) is 0. The van der Waals surface area contributed by atoms with E-state index in [0.29, 0.717) is 27.0 Å². The van der Waals surface area contributed by atoms with Crippen molar-refractivity contribution < 1.29 is 4.79 Å². The van der Waals surface area contributed by atoms with Gasteiger partial charge in [-0.2, -0.15) is 0 Å². The number of amides is 1. The Labute approximate surface area is 121 Å². The number of nitrogens with two attached hydrogens (primary N) is 1. The third kappa shape index (κ3) is 3.19. The van der Waals surface area contributed by atoms with Crippen molar-refractivity contribution >= 4 is 40.5 Å². The number of hydrogen-bond acceptors (Lipinski definition) is 2. The highest BCUT2D eigenvalue weighted by atomic mass is 35.5. The minimum atomic E-state index is -0.286. The van der Waals surface area contributed by atoms with Crippen molar-refractivity contribution in [3.63, 3.8) is 0 Å². The molecule has 0 aliphatic carbocycles. The minimum Gasteiger partial charge on any atom is -0.399 e. The van der Waals surface area contributed by atoms with Gasteiger partial charge in [0.2, 0.25) is 0 Å². The lowest BCUT2D eigenvalue weighted by Crippen LogP contribution is -2.12. The number of halogens is 2. The molecule has 2 aromatic rings. The van der Waals surface area contributed by atoms with Crippen LogP contribution in [-0.2, 0) is 0 Å². The molecule has 0 spiro atoms. The van der Waals surface area contributed by atoms with Gasteiger partial charge in [0.05, 0.1) is 10.6 Å². The van der Waals surface area contributed by atoms with Crippen LogP contribution in [0, 0.1) is 6.92 Å². The number of carbonyl (C=O) groups excluding carboxylic acids is 1. The maximum absolute atomic E-state index is 12.1. The quantitative estimate of drug-likeness (QED) is 0.818. The summed E-state index contributed by atoms with van der Waals surface area (Å²) in [6, 6.07) is 10.0. The van der Waals surface area contributed by atoms with Crippen molar-refractivity contribution in [2.45, 2.75) is 6.92 Å². The van der Waals surface area contributed by atoms with Gasteiger partial charge in [-0.25, -0.2) is 0 Å². The van der Waals surface area contributed by atoms with Gasteiger partial charge in [-0.05, 0) is 48.9 Å². The molecule has 0 radical (unpaired) electrons. The molecule has 5 heteroatoms. The van der Waals surface area contributed by atoms with Gasteiger partial charge in [0, 0.05) is 16.4 Å². The topological polar surface area (TPSA) is 55.1 Å². The molecule has 0 saturated carbocycles. The number of hydrogen-bond donors (Lipinski definition) is 2. The first-order valence-electron chi connectivity index (χ1n) is 5.60. The molecule has 1 amide bonds. The monoisotopic (exact) mass is 294 g/mol. The first-order valence-corrected chi connectivity index (χ1v) is 6.35. The Bertz CT molecular complexity index is 641. The van der Waals surface area contributed by atoms with E-state index >= 15 is 0 Å². The van der Waals surface area contributed by atoms with E-state index in [0.717, 1.165) is 5.56 Å². The number of nitrogens with one attached hydrogen (secondary N) is 1. The number of aryl methyl sites for hydroxylation is 1. The fourth-order valence-corrected chi connectivity index (χ4v) is 2.12. The second kappa shape index (κ2) is 5.51. The molecular weight excluding hydrogens is 283 g/mol. The van der Waals surface area contributed by atoms with Gasteiger partial charge in [-0.15, -0.1) is 0 Å². The lowest BCUT2D eigenvalue weighted by molar-refractivity contribution is 0.102. The van der Waals surface area contributed by atoms with Crippen LogP contribution in [0.2, 0.25) is 10.0 Å². The van der Waals surface area contributed by atoms with Crippen LogP contribution in [0.5, 0.6) is 0 Å². The van der Waals surface area contributed by atoms with E-state index in [9.17, 15) is 4.79 Å². The van der Waals surface area contributed by atoms with Crippen molar-refractivity contribution in [2.75, 3.05) is 11.1 Å². The van der Waals surface area contributed by atoms with Crippen molar-refractivity contribution in [1.82, 2.24) is 0 Å². The third-order valence-corrected chi connectivity index (χ3v) is 3.25. The molecule has 0 bridgehead atoms. The second-order valence-corrected chi connectivity index (χ2v) is 4.99. The number of benzene rings is 2. The first-order chi connectivity index (χ1) is 8.97. The lowest BCUT2D eigenvalue weighted by atomic mass is 10.1. The van der Waals surface area contributed by atoms with E-state index in [1.807, 2.05) is 6.92 Å². The predicted molar refractivity (Wildman–Crippen MR) is 80.0 cm³/mol. The highest BCUT2D eigenvalue weighted by Gasteiger charge is 2.11. The molecular formula is C14H12Cl2N2O. The molecule has 0 saturated heterocycles. The number of rotatable bonds is 2. The molecule has 2 aromatic carbocycles. The molecule has 3 nitrogen and oxygen atoms in total. The van der Waals surface area contributed by atoms with Crippen LogP contribution in [0.25, 0.3) is 0 Å². The van der Waals surface area contributed by atoms with E-state index in [4.69, 9.17) is 28.9 Å². The number of nitrogen functional groups attached to an aromatic ring is 1. The summed E-state index contributed by atoms with van der Waals surface area (Å²) in [4.78, 5) is 12.1. The summed E-state index contributed by atoms with van der Waals surface area (Å²) in [5.41, 5.74) is 8.35. The second-order valence-electron chi connectivity index (χ2n) is 4.15. The maximum Gasteiger partial charge on any atom is 0.257 e. The molecule has 0 unspecified atom stereocenters. The maximum atomic E-state index is 12.1. The lowest BCUT2D eigenvalue weighted by Gasteiger charge is -2.08. The van der Waals surface area contributed by atoms with E-state index in [1.165, 1.54) is 6.07 Å². The minimum absolute atomic E-state index is 0.286. The molecule has 0 fully saturated rings. The zero-order chi connectivity index (χ0) is 14.0. The van der Waals surface area contributed by atoms with E-state index < -0.39 is 0 Å². The predicted octanol–water partition coefficient (Wildman–Crippen LogP) is 4.14. The van der Waals surface area contributed by atoms with Gasteiger partial charge in [0.25, 0.3) is 5.91 Å². The molecule has 0 aliphatic rings. The van der Waals surface area contributed by atoms with Crippen LogP contribution in [0.3, 0.4) is 0 Å². The van der Waals surface area contributed by atoms with Gasteiger partial charge < -0.3 is 11.1 Å². The summed E-state index contributed by atoms with van der Waals surface area (Å²) < 4.78 is 0. The standard InChI is InChI=1S/C14H12Cl2N2O/c1-8-6-10(3-5-13(8)17)18-14(19)11-4-2-9(15)7-12(11)16/h2-7H,17H2,1H3,(H,18,19). The fraction of sp³-hybridized carbons (Fsp3) is 0.0714. The summed E-state index contributed by atoms with van der Waals surface area (Å²) in [5.74, 6) is -0.286. The smallest absolute Gasteiger partial charge is 0.257 e. The Hall–Kier alpha value is -1.71. The summed E-state index contributed by atoms with van der Waals surface area (Å²) in [5, 5.41) is 3.57. The number of anilines is 2. The average molecular weight is 295 g/mol. The van der Waals surface area contributed by atoms with E-state index in [-0.39, 0.29) is 5.91 Å². The highest BCUT2D eigenvalue weighted by molar-refractivity contribution is 6.37. The van der Waals surface area contributed by atoms with Gasteiger partial charge in [0.1, 0.15) is 0 Å². The SMILES string of the molecule is Cc1cc(NC(=O)c2ccc(Cl)cc2Cl)ccc1N. The Morgan fingerprint density at radius 1 is 1.16 bits per heavy atom. The van der Waals surface area contributed by atoms with Gasteiger partial charge >= 0.3 is 0 Å². The molecule has 0 aliphatic heterocycles. The molecule has 0 aromatic heterocycles. The number of carbonyl (C=O) groups is 1. The van der Waals surface area contributed by atoms with Crippen molar-refractivity contribution in [3.8, 4) is 0 Å². The zero-order valence-electron chi connectivity index (χ0n) is 10.2. The Kier molecular flexibility index (Phi) is 3.98. The van der Waals surface area contributed by atoms with Gasteiger partial charge in [-0.1, -0.05) is 23.2 Å². The van der Waals surface area contributed by atoms with Crippen LogP contribution in [0.15, 0.2) is 36.4 Å². The van der Waals surface area contributed by atoms with E-state index in [1.54, 1.807) is 30.3 Å². The Morgan fingerprint density at radius 2 is 1.89 bits per heavy atom. The molecule has 3 N–H and O–H groups in total. The molecule has 2 rings (SSSR count). The molecule has 0 heterocycles. The van der Waals surface area contributed by atoms with Crippen LogP contribution >= 0.6 is 23.2 Å². The fourth-order valence-electron chi connectivity index (χ4n) is 1.63. The van der Waals surface area contributed by atoms with Crippen LogP contribution < -0.4 is 11.1 Å². The molecule has 0 atom stereocenters. The van der Waals surface area contributed by atoms with Crippen molar-refractivity contribution in [3.05, 3.63) is 57.6 Å². The molecule has 19 heavy (non-hydrogen) atoms. The zero-order valence-corrected chi connectivity index (χ0v) is 11.7. The Balaban J connectivity index is 2.23. The summed E-state index contributed by atoms with van der Waals surface area (Å²) >= 11 is 11.8. The van der Waals surface area contributed by atoms with Crippen molar-refractivity contribution in [2.24, 2.45) is 0 Å². The highest BCUT2D eigenvalue weighted by Crippen LogP contribution is 2.23. The normalized spacial score (nSPS) is 10.3. The van der Waals surface area contributed by atoms with E-state index in [2.05, 4.69) is 5.32 Å². The largest absolute Gasteiger partial charge is 0.399 e. The Morgan fingerprint density at radius 3 is 2.53 bits per heavy atom.